The number of hydrogen-bond donors (Lipinski definition) is 2. The minimum atomic E-state index is -4.71. The Morgan fingerprint density at radius 2 is 1.77 bits per heavy atom. The Labute approximate surface area is 176 Å². The maximum atomic E-state index is 14.3. The minimum Gasteiger partial charge on any atom is -0.383 e. The number of urea groups is 1. The number of nitrogens with two attached hydrogens (primary N) is 2. The van der Waals surface area contributed by atoms with E-state index in [0.29, 0.717) is 44.7 Å². The van der Waals surface area contributed by atoms with E-state index in [1.54, 1.807) is 12.1 Å². The normalized spacial score (nSPS) is 11.6. The van der Waals surface area contributed by atoms with Gasteiger partial charge in [-0.1, -0.05) is 12.1 Å². The molecule has 4 rings (SSSR count). The maximum absolute atomic E-state index is 14.3. The molecule has 11 heteroatoms. The molecule has 0 aliphatic rings. The first-order chi connectivity index (χ1) is 14.7. The summed E-state index contributed by atoms with van der Waals surface area (Å²) < 4.78 is 53.5. The van der Waals surface area contributed by atoms with Gasteiger partial charge in [0.05, 0.1) is 22.3 Å². The number of amides is 2. The van der Waals surface area contributed by atoms with Crippen molar-refractivity contribution in [3.63, 3.8) is 0 Å². The topological polar surface area (TPSA) is 98.1 Å². The molecular formula is C20H13F4N5OS. The summed E-state index contributed by atoms with van der Waals surface area (Å²) in [6.07, 6.45) is -3.35. The number of carbonyl (C=O) groups is 1. The Morgan fingerprint density at radius 1 is 1.06 bits per heavy atom. The molecule has 0 saturated carbocycles. The predicted molar refractivity (Wildman–Crippen MR) is 110 cm³/mol. The number of anilines is 3. The first-order valence-electron chi connectivity index (χ1n) is 8.71. The highest BCUT2D eigenvalue weighted by Gasteiger charge is 2.32. The van der Waals surface area contributed by atoms with Crippen LogP contribution in [0.2, 0.25) is 0 Å². The van der Waals surface area contributed by atoms with Crippen molar-refractivity contribution < 1.29 is 22.4 Å². The van der Waals surface area contributed by atoms with Gasteiger partial charge in [0.25, 0.3) is 0 Å². The minimum absolute atomic E-state index is 0.0956. The number of primary amides is 1. The van der Waals surface area contributed by atoms with Crippen LogP contribution < -0.4 is 16.4 Å². The fourth-order valence-electron chi connectivity index (χ4n) is 3.15. The average Bonchev–Trinajstić information content (AvgIpc) is 3.14. The summed E-state index contributed by atoms with van der Waals surface area (Å²) in [5, 5.41) is 2.50. The van der Waals surface area contributed by atoms with Crippen molar-refractivity contribution in [2.75, 3.05) is 10.6 Å². The van der Waals surface area contributed by atoms with E-state index in [2.05, 4.69) is 9.97 Å². The van der Waals surface area contributed by atoms with Crippen LogP contribution in [0.1, 0.15) is 5.56 Å². The fraction of sp³-hybridized carbons (Fsp3) is 0.0500. The van der Waals surface area contributed by atoms with Gasteiger partial charge in [0.15, 0.2) is 0 Å². The Morgan fingerprint density at radius 3 is 2.42 bits per heavy atom. The zero-order valence-electron chi connectivity index (χ0n) is 15.5. The van der Waals surface area contributed by atoms with Crippen molar-refractivity contribution in [1.82, 2.24) is 9.97 Å². The molecule has 4 N–H and O–H groups in total. The van der Waals surface area contributed by atoms with Crippen molar-refractivity contribution in [1.29, 1.82) is 0 Å². The first-order valence-corrected chi connectivity index (χ1v) is 9.59. The number of nitrogen functional groups attached to an aromatic ring is 1. The standard InChI is InChI=1S/C20H13F4N5OS/c21-14-6-3-11(20(22,23)24)7-15(14)29(19(26)30)12-4-1-10(2-5-12)13-8-31-18-16(13)17(25)27-9-28-18/h1-9H,(H2,26,30)(H2,25,27,28). The van der Waals surface area contributed by atoms with Crippen LogP contribution in [0.4, 0.5) is 39.5 Å². The number of hydrogen-bond acceptors (Lipinski definition) is 5. The number of benzene rings is 2. The second-order valence-corrected chi connectivity index (χ2v) is 7.33. The number of nitrogens with zero attached hydrogens (tertiary/aromatic N) is 3. The summed E-state index contributed by atoms with van der Waals surface area (Å²) in [6.45, 7) is 0. The molecule has 0 radical (unpaired) electrons. The van der Waals surface area contributed by atoms with E-state index in [1.165, 1.54) is 29.8 Å². The molecule has 6 nitrogen and oxygen atoms in total. The van der Waals surface area contributed by atoms with Gasteiger partial charge >= 0.3 is 12.2 Å². The number of fused-ring (bicyclic) bond motifs is 1. The Balaban J connectivity index is 1.77. The molecule has 0 atom stereocenters. The monoisotopic (exact) mass is 447 g/mol. The highest BCUT2D eigenvalue weighted by molar-refractivity contribution is 7.17. The van der Waals surface area contributed by atoms with E-state index in [9.17, 15) is 22.4 Å². The lowest BCUT2D eigenvalue weighted by Gasteiger charge is -2.22. The number of carbonyl (C=O) groups excluding carboxylic acids is 1. The third-order valence-corrected chi connectivity index (χ3v) is 5.46. The van der Waals surface area contributed by atoms with Crippen LogP contribution in [0.3, 0.4) is 0 Å². The van der Waals surface area contributed by atoms with E-state index in [4.69, 9.17) is 11.5 Å². The van der Waals surface area contributed by atoms with Gasteiger partial charge in [-0.2, -0.15) is 13.2 Å². The fourth-order valence-corrected chi connectivity index (χ4v) is 4.07. The van der Waals surface area contributed by atoms with Crippen LogP contribution in [0.5, 0.6) is 0 Å². The highest BCUT2D eigenvalue weighted by Crippen LogP contribution is 2.38. The van der Waals surface area contributed by atoms with Gasteiger partial charge in [-0.15, -0.1) is 11.3 Å². The zero-order chi connectivity index (χ0) is 22.3. The van der Waals surface area contributed by atoms with E-state index >= 15 is 0 Å². The smallest absolute Gasteiger partial charge is 0.383 e. The maximum Gasteiger partial charge on any atom is 0.416 e. The molecule has 2 heterocycles. The van der Waals surface area contributed by atoms with Gasteiger partial charge in [0.1, 0.15) is 22.8 Å². The van der Waals surface area contributed by atoms with E-state index in [-0.39, 0.29) is 5.69 Å². The first kappa shape index (κ1) is 20.5. The molecule has 0 saturated heterocycles. The van der Waals surface area contributed by atoms with Gasteiger partial charge in [-0.05, 0) is 35.9 Å². The van der Waals surface area contributed by atoms with Crippen LogP contribution in [-0.4, -0.2) is 16.0 Å². The van der Waals surface area contributed by atoms with Crippen molar-refractivity contribution in [2.24, 2.45) is 5.73 Å². The summed E-state index contributed by atoms with van der Waals surface area (Å²) >= 11 is 1.37. The molecule has 0 spiro atoms. The number of thiophene rings is 1. The van der Waals surface area contributed by atoms with Crippen LogP contribution >= 0.6 is 11.3 Å². The lowest BCUT2D eigenvalue weighted by atomic mass is 10.1. The Kier molecular flexibility index (Phi) is 4.97. The Bertz CT molecular complexity index is 1290. The summed E-state index contributed by atoms with van der Waals surface area (Å²) in [4.78, 5) is 21.5. The van der Waals surface area contributed by atoms with Crippen molar-refractivity contribution in [3.05, 3.63) is 65.6 Å². The number of halogens is 4. The highest BCUT2D eigenvalue weighted by atomic mass is 32.1. The van der Waals surface area contributed by atoms with E-state index in [0.717, 1.165) is 5.56 Å². The lowest BCUT2D eigenvalue weighted by Crippen LogP contribution is -2.32. The largest absolute Gasteiger partial charge is 0.416 e. The van der Waals surface area contributed by atoms with Crippen LogP contribution in [0, 0.1) is 5.82 Å². The predicted octanol–water partition coefficient (Wildman–Crippen LogP) is 5.32. The van der Waals surface area contributed by atoms with Gasteiger partial charge in [-0.3, -0.25) is 4.90 Å². The van der Waals surface area contributed by atoms with Crippen molar-refractivity contribution in [3.8, 4) is 11.1 Å². The van der Waals surface area contributed by atoms with Crippen LogP contribution in [0.25, 0.3) is 21.3 Å². The summed E-state index contributed by atoms with van der Waals surface area (Å²) in [6, 6.07) is 6.77. The average molecular weight is 447 g/mol. The molecule has 0 unspecified atom stereocenters. The van der Waals surface area contributed by atoms with Crippen molar-refractivity contribution in [2.45, 2.75) is 6.18 Å². The SMILES string of the molecule is NC(=O)N(c1ccc(-c2csc3ncnc(N)c23)cc1)c1cc(C(F)(F)F)ccc1F. The molecule has 31 heavy (non-hydrogen) atoms. The molecule has 0 aliphatic heterocycles. The second kappa shape index (κ2) is 7.51. The van der Waals surface area contributed by atoms with Crippen LogP contribution in [-0.2, 0) is 6.18 Å². The number of aromatic nitrogens is 2. The third kappa shape index (κ3) is 3.75. The summed E-state index contributed by atoms with van der Waals surface area (Å²) in [7, 11) is 0. The zero-order valence-corrected chi connectivity index (χ0v) is 16.3. The summed E-state index contributed by atoms with van der Waals surface area (Å²) in [5.74, 6) is -0.722. The molecule has 0 bridgehead atoms. The number of alkyl halides is 3. The lowest BCUT2D eigenvalue weighted by molar-refractivity contribution is -0.137. The molecule has 4 aromatic rings. The Hall–Kier alpha value is -3.73. The summed E-state index contributed by atoms with van der Waals surface area (Å²) in [5.41, 5.74) is 11.2. The third-order valence-electron chi connectivity index (χ3n) is 4.57. The second-order valence-electron chi connectivity index (χ2n) is 6.47. The van der Waals surface area contributed by atoms with E-state index < -0.39 is 29.3 Å². The molecular weight excluding hydrogens is 434 g/mol. The molecule has 0 aliphatic carbocycles. The molecule has 2 aromatic heterocycles. The van der Waals surface area contributed by atoms with Gasteiger partial charge in [0, 0.05) is 10.9 Å². The van der Waals surface area contributed by atoms with Crippen molar-refractivity contribution >= 4 is 44.8 Å². The quantitative estimate of drug-likeness (QED) is 0.416. The van der Waals surface area contributed by atoms with Gasteiger partial charge < -0.3 is 11.5 Å². The molecule has 2 aromatic carbocycles. The molecule has 158 valence electrons. The molecule has 2 amide bonds. The molecule has 0 fully saturated rings. The van der Waals surface area contributed by atoms with Gasteiger partial charge in [0.2, 0.25) is 0 Å². The number of rotatable bonds is 3. The van der Waals surface area contributed by atoms with Crippen LogP contribution in [0.15, 0.2) is 54.2 Å². The van der Waals surface area contributed by atoms with Gasteiger partial charge in [-0.25, -0.2) is 19.2 Å². The van der Waals surface area contributed by atoms with E-state index in [1.807, 2.05) is 5.38 Å².